The van der Waals surface area contributed by atoms with Crippen LogP contribution >= 0.6 is 0 Å². The molecule has 3 heteroatoms. The average molecular weight is 111 g/mol. The molecule has 1 aromatic heterocycles. The van der Waals surface area contributed by atoms with E-state index in [2.05, 4.69) is 4.84 Å². The van der Waals surface area contributed by atoms with Gasteiger partial charge in [0.2, 0.25) is 0 Å². The van der Waals surface area contributed by atoms with Crippen molar-refractivity contribution in [1.82, 2.24) is 4.73 Å². The van der Waals surface area contributed by atoms with E-state index in [1.807, 2.05) is 0 Å². The molecule has 0 saturated carbocycles. The van der Waals surface area contributed by atoms with E-state index >= 15 is 0 Å². The lowest BCUT2D eigenvalue weighted by molar-refractivity contribution is -0.129. The van der Waals surface area contributed by atoms with Gasteiger partial charge < -0.3 is 4.84 Å². The second-order valence-electron chi connectivity index (χ2n) is 1.24. The monoisotopic (exact) mass is 111 g/mol. The highest BCUT2D eigenvalue weighted by atomic mass is 16.7. The summed E-state index contributed by atoms with van der Waals surface area (Å²) in [6, 6.07) is 3.53. The lowest BCUT2D eigenvalue weighted by atomic mass is 10.7. The molecule has 0 bridgehead atoms. The van der Waals surface area contributed by atoms with Crippen molar-refractivity contribution < 1.29 is 9.63 Å². The maximum Gasteiger partial charge on any atom is 0.321 e. The molecule has 0 amide bonds. The number of hydrogen-bond donors (Lipinski definition) is 0. The zero-order chi connectivity index (χ0) is 5.82. The minimum Gasteiger partial charge on any atom is -0.340 e. The zero-order valence-electron chi connectivity index (χ0n) is 4.15. The first kappa shape index (κ1) is 4.90. The van der Waals surface area contributed by atoms with E-state index < -0.39 is 0 Å². The summed E-state index contributed by atoms with van der Waals surface area (Å²) in [7, 11) is 0. The van der Waals surface area contributed by atoms with Crippen molar-refractivity contribution in [1.29, 1.82) is 0 Å². The first-order chi connectivity index (χ1) is 3.93. The lowest BCUT2D eigenvalue weighted by Gasteiger charge is -1.91. The van der Waals surface area contributed by atoms with Crippen LogP contribution in [0.3, 0.4) is 0 Å². The largest absolute Gasteiger partial charge is 0.340 e. The topological polar surface area (TPSA) is 31.2 Å². The molecule has 8 heavy (non-hydrogen) atoms. The molecule has 0 aliphatic heterocycles. The van der Waals surface area contributed by atoms with Gasteiger partial charge in [-0.15, -0.1) is 0 Å². The van der Waals surface area contributed by atoms with Gasteiger partial charge in [0.1, 0.15) is 0 Å². The van der Waals surface area contributed by atoms with Crippen LogP contribution in [-0.2, 0) is 4.79 Å². The molecule has 0 aliphatic carbocycles. The van der Waals surface area contributed by atoms with Crippen LogP contribution in [0, 0.1) is 0 Å². The van der Waals surface area contributed by atoms with Gasteiger partial charge in [-0.3, -0.25) is 4.79 Å². The molecule has 0 spiro atoms. The minimum atomic E-state index is 0.375. The van der Waals surface area contributed by atoms with Crippen molar-refractivity contribution in [2.75, 3.05) is 0 Å². The lowest BCUT2D eigenvalue weighted by Crippen LogP contribution is -2.04. The Balaban J connectivity index is 2.62. The minimum absolute atomic E-state index is 0.375. The summed E-state index contributed by atoms with van der Waals surface area (Å²) in [5.41, 5.74) is 0. The van der Waals surface area contributed by atoms with E-state index in [-0.39, 0.29) is 0 Å². The third-order valence-corrected chi connectivity index (χ3v) is 0.742. The van der Waals surface area contributed by atoms with Gasteiger partial charge in [-0.2, -0.15) is 4.73 Å². The van der Waals surface area contributed by atoms with Gasteiger partial charge in [-0.05, 0) is 12.1 Å². The fourth-order valence-corrected chi connectivity index (χ4v) is 0.439. The Bertz CT molecular complexity index is 157. The second-order valence-corrected chi connectivity index (χ2v) is 1.24. The maximum absolute atomic E-state index is 9.63. The number of nitrogens with zero attached hydrogens (tertiary/aromatic N) is 1. The quantitative estimate of drug-likeness (QED) is 0.506. The Labute approximate surface area is 46.4 Å². The molecule has 0 radical (unpaired) electrons. The van der Waals surface area contributed by atoms with E-state index in [1.165, 1.54) is 4.73 Å². The van der Waals surface area contributed by atoms with Crippen molar-refractivity contribution in [2.24, 2.45) is 0 Å². The summed E-state index contributed by atoms with van der Waals surface area (Å²) >= 11 is 0. The molecular formula is C5H5NO2. The third-order valence-electron chi connectivity index (χ3n) is 0.742. The van der Waals surface area contributed by atoms with Gasteiger partial charge in [-0.25, -0.2) is 0 Å². The van der Waals surface area contributed by atoms with E-state index in [1.54, 1.807) is 24.5 Å². The molecule has 0 atom stereocenters. The molecule has 0 N–H and O–H groups in total. The van der Waals surface area contributed by atoms with Crippen LogP contribution in [0.2, 0.25) is 0 Å². The van der Waals surface area contributed by atoms with Gasteiger partial charge in [0.25, 0.3) is 0 Å². The summed E-state index contributed by atoms with van der Waals surface area (Å²) in [5.74, 6) is 0. The van der Waals surface area contributed by atoms with Gasteiger partial charge in [0.15, 0.2) is 0 Å². The smallest absolute Gasteiger partial charge is 0.321 e. The van der Waals surface area contributed by atoms with Crippen LogP contribution in [0.15, 0.2) is 24.5 Å². The molecule has 1 aromatic rings. The summed E-state index contributed by atoms with van der Waals surface area (Å²) < 4.78 is 1.31. The number of carbonyl (C=O) groups is 1. The van der Waals surface area contributed by atoms with E-state index in [9.17, 15) is 4.79 Å². The molecule has 1 heterocycles. The Morgan fingerprint density at radius 3 is 2.50 bits per heavy atom. The fraction of sp³-hybridized carbons (Fsp3) is 0. The molecule has 0 aromatic carbocycles. The van der Waals surface area contributed by atoms with Crippen LogP contribution in [0.4, 0.5) is 0 Å². The third kappa shape index (κ3) is 0.872. The SMILES string of the molecule is O=COn1cccc1. The summed E-state index contributed by atoms with van der Waals surface area (Å²) in [4.78, 5) is 14.0. The van der Waals surface area contributed by atoms with Crippen LogP contribution in [0.5, 0.6) is 0 Å². The van der Waals surface area contributed by atoms with Gasteiger partial charge >= 0.3 is 6.47 Å². The number of hydrogen-bond acceptors (Lipinski definition) is 2. The first-order valence-electron chi connectivity index (χ1n) is 2.17. The average Bonchev–Trinajstić information content (AvgIpc) is 2.19. The molecule has 0 saturated heterocycles. The highest BCUT2D eigenvalue weighted by molar-refractivity contribution is 5.37. The van der Waals surface area contributed by atoms with Gasteiger partial charge in [0, 0.05) is 12.4 Å². The Morgan fingerprint density at radius 2 is 2.00 bits per heavy atom. The maximum atomic E-state index is 9.63. The van der Waals surface area contributed by atoms with Crippen LogP contribution in [0.1, 0.15) is 0 Å². The molecular weight excluding hydrogens is 106 g/mol. The summed E-state index contributed by atoms with van der Waals surface area (Å²) in [6.45, 7) is 0.375. The predicted molar refractivity (Wildman–Crippen MR) is 27.1 cm³/mol. The molecule has 0 aliphatic rings. The normalized spacial score (nSPS) is 8.50. The summed E-state index contributed by atoms with van der Waals surface area (Å²) in [5, 5.41) is 0. The predicted octanol–water partition coefficient (Wildman–Crippen LogP) is 0.0731. The number of carbonyl (C=O) groups excluding carboxylic acids is 1. The van der Waals surface area contributed by atoms with Crippen molar-refractivity contribution in [3.05, 3.63) is 24.5 Å². The molecule has 0 fully saturated rings. The molecule has 42 valence electrons. The van der Waals surface area contributed by atoms with Crippen LogP contribution in [-0.4, -0.2) is 11.2 Å². The second kappa shape index (κ2) is 2.16. The molecule has 3 nitrogen and oxygen atoms in total. The standard InChI is InChI=1S/C5H5NO2/c7-5-8-6-3-1-2-4-6/h1-5H. The Hall–Kier alpha value is -1.25. The number of rotatable bonds is 2. The van der Waals surface area contributed by atoms with Crippen LogP contribution in [0.25, 0.3) is 0 Å². The van der Waals surface area contributed by atoms with E-state index in [0.717, 1.165) is 0 Å². The molecule has 0 unspecified atom stereocenters. The Morgan fingerprint density at radius 1 is 1.38 bits per heavy atom. The Kier molecular flexibility index (Phi) is 1.32. The zero-order valence-corrected chi connectivity index (χ0v) is 4.15. The van der Waals surface area contributed by atoms with Crippen molar-refractivity contribution in [3.63, 3.8) is 0 Å². The van der Waals surface area contributed by atoms with E-state index in [4.69, 9.17) is 0 Å². The van der Waals surface area contributed by atoms with Crippen LogP contribution < -0.4 is 4.84 Å². The molecule has 1 rings (SSSR count). The summed E-state index contributed by atoms with van der Waals surface area (Å²) in [6.07, 6.45) is 3.27. The van der Waals surface area contributed by atoms with Crippen molar-refractivity contribution >= 4 is 6.47 Å². The highest BCUT2D eigenvalue weighted by Crippen LogP contribution is 1.82. The number of aromatic nitrogens is 1. The highest BCUT2D eigenvalue weighted by Gasteiger charge is 1.80. The van der Waals surface area contributed by atoms with Gasteiger partial charge in [-0.1, -0.05) is 0 Å². The van der Waals surface area contributed by atoms with Gasteiger partial charge in [0.05, 0.1) is 0 Å². The van der Waals surface area contributed by atoms with E-state index in [0.29, 0.717) is 6.47 Å². The van der Waals surface area contributed by atoms with Crippen molar-refractivity contribution in [3.8, 4) is 0 Å². The van der Waals surface area contributed by atoms with Crippen molar-refractivity contribution in [2.45, 2.75) is 0 Å². The fourth-order valence-electron chi connectivity index (χ4n) is 0.439. The first-order valence-corrected chi connectivity index (χ1v) is 2.17.